The predicted molar refractivity (Wildman–Crippen MR) is 120 cm³/mol. The summed E-state index contributed by atoms with van der Waals surface area (Å²) in [5.74, 6) is 1.62. The van der Waals surface area contributed by atoms with Gasteiger partial charge >= 0.3 is 0 Å². The Kier molecular flexibility index (Phi) is 5.59. The molecule has 1 aromatic heterocycles. The number of aromatic hydroxyl groups is 1. The zero-order valence-electron chi connectivity index (χ0n) is 16.8. The van der Waals surface area contributed by atoms with E-state index in [2.05, 4.69) is 0 Å². The van der Waals surface area contributed by atoms with Gasteiger partial charge in [-0.05, 0) is 73.2 Å². The van der Waals surface area contributed by atoms with Crippen molar-refractivity contribution in [3.8, 4) is 28.8 Å². The molecule has 4 rings (SSSR count). The van der Waals surface area contributed by atoms with E-state index in [0.717, 1.165) is 28.4 Å². The second-order valence-corrected chi connectivity index (χ2v) is 7.19. The van der Waals surface area contributed by atoms with E-state index in [4.69, 9.17) is 21.7 Å². The number of imidazole rings is 1. The molecular weight excluding hydrogens is 396 g/mol. The number of hydrogen-bond donors (Lipinski definition) is 1. The van der Waals surface area contributed by atoms with Gasteiger partial charge in [0.05, 0.1) is 18.5 Å². The first-order valence-corrected chi connectivity index (χ1v) is 9.94. The average Bonchev–Trinajstić information content (AvgIpc) is 3.01. The molecule has 0 aliphatic carbocycles. The molecule has 6 heteroatoms. The van der Waals surface area contributed by atoms with E-state index in [-0.39, 0.29) is 5.88 Å². The summed E-state index contributed by atoms with van der Waals surface area (Å²) >= 11 is 5.68. The van der Waals surface area contributed by atoms with E-state index in [9.17, 15) is 5.11 Å². The van der Waals surface area contributed by atoms with Gasteiger partial charge in [0.2, 0.25) is 5.88 Å². The molecule has 0 atom stereocenters. The second kappa shape index (κ2) is 8.47. The van der Waals surface area contributed by atoms with Crippen LogP contribution in [0.4, 0.5) is 0 Å². The smallest absolute Gasteiger partial charge is 0.218 e. The minimum atomic E-state index is 0.105. The van der Waals surface area contributed by atoms with Crippen molar-refractivity contribution in [3.05, 3.63) is 94.9 Å². The standard InChI is InChI=1S/C24H22N2O3S/c1-17-23(27)26(24(30)25(17)19-8-12-21(28-2)13-9-19)20-10-14-22(15-11-20)29-16-18-6-4-3-5-7-18/h3-15,27H,16H2,1-2H3. The summed E-state index contributed by atoms with van der Waals surface area (Å²) in [5.41, 5.74) is 3.39. The van der Waals surface area contributed by atoms with Gasteiger partial charge in [-0.1, -0.05) is 30.3 Å². The van der Waals surface area contributed by atoms with E-state index in [1.807, 2.05) is 90.4 Å². The molecule has 4 aromatic rings. The van der Waals surface area contributed by atoms with Crippen molar-refractivity contribution in [1.82, 2.24) is 9.13 Å². The second-order valence-electron chi connectivity index (χ2n) is 6.83. The van der Waals surface area contributed by atoms with Crippen molar-refractivity contribution in [2.24, 2.45) is 0 Å². The third kappa shape index (κ3) is 3.82. The van der Waals surface area contributed by atoms with Crippen molar-refractivity contribution in [2.45, 2.75) is 13.5 Å². The lowest BCUT2D eigenvalue weighted by Gasteiger charge is -2.09. The van der Waals surface area contributed by atoms with Crippen LogP contribution in [-0.2, 0) is 6.61 Å². The van der Waals surface area contributed by atoms with Crippen LogP contribution in [0.3, 0.4) is 0 Å². The molecule has 0 unspecified atom stereocenters. The highest BCUT2D eigenvalue weighted by atomic mass is 32.1. The summed E-state index contributed by atoms with van der Waals surface area (Å²) in [5, 5.41) is 10.8. The molecule has 152 valence electrons. The summed E-state index contributed by atoms with van der Waals surface area (Å²) < 4.78 is 15.0. The molecule has 3 aromatic carbocycles. The molecule has 0 aliphatic rings. The van der Waals surface area contributed by atoms with Crippen molar-refractivity contribution in [3.63, 3.8) is 0 Å². The van der Waals surface area contributed by atoms with Crippen molar-refractivity contribution in [2.75, 3.05) is 7.11 Å². The van der Waals surface area contributed by atoms with E-state index in [1.54, 1.807) is 11.7 Å². The fraction of sp³-hybridized carbons (Fsp3) is 0.125. The van der Waals surface area contributed by atoms with Crippen molar-refractivity contribution >= 4 is 12.2 Å². The molecule has 0 bridgehead atoms. The van der Waals surface area contributed by atoms with Crippen LogP contribution < -0.4 is 9.47 Å². The highest BCUT2D eigenvalue weighted by Crippen LogP contribution is 2.29. The number of rotatable bonds is 6. The van der Waals surface area contributed by atoms with Gasteiger partial charge in [-0.15, -0.1) is 0 Å². The van der Waals surface area contributed by atoms with E-state index < -0.39 is 0 Å². The average molecular weight is 419 g/mol. The molecule has 0 fully saturated rings. The first-order chi connectivity index (χ1) is 14.6. The number of benzene rings is 3. The molecule has 1 heterocycles. The van der Waals surface area contributed by atoms with Gasteiger partial charge in [0, 0.05) is 5.69 Å². The predicted octanol–water partition coefficient (Wildman–Crippen LogP) is 5.60. The number of hydrogen-bond acceptors (Lipinski definition) is 4. The Hall–Kier alpha value is -3.51. The van der Waals surface area contributed by atoms with Gasteiger partial charge in [-0.2, -0.15) is 0 Å². The fourth-order valence-electron chi connectivity index (χ4n) is 3.30. The molecule has 0 amide bonds. The minimum Gasteiger partial charge on any atom is -0.497 e. The SMILES string of the molecule is COc1ccc(-n2c(C)c(O)n(-c3ccc(OCc4ccccc4)cc3)c2=S)cc1. The maximum absolute atomic E-state index is 10.8. The molecule has 0 saturated heterocycles. The first-order valence-electron chi connectivity index (χ1n) is 9.53. The topological polar surface area (TPSA) is 48.5 Å². The van der Waals surface area contributed by atoms with E-state index in [1.165, 1.54) is 0 Å². The highest BCUT2D eigenvalue weighted by molar-refractivity contribution is 7.71. The Morgan fingerprint density at radius 2 is 1.37 bits per heavy atom. The van der Waals surface area contributed by atoms with Crippen molar-refractivity contribution in [1.29, 1.82) is 0 Å². The van der Waals surface area contributed by atoms with Crippen LogP contribution in [0.15, 0.2) is 78.9 Å². The zero-order chi connectivity index (χ0) is 21.1. The normalized spacial score (nSPS) is 10.7. The summed E-state index contributed by atoms with van der Waals surface area (Å²) in [6, 6.07) is 25.1. The molecule has 5 nitrogen and oxygen atoms in total. The molecule has 0 spiro atoms. The van der Waals surface area contributed by atoms with Gasteiger partial charge in [0.1, 0.15) is 18.1 Å². The summed E-state index contributed by atoms with van der Waals surface area (Å²) in [6.45, 7) is 2.33. The molecule has 0 radical (unpaired) electrons. The first kappa shape index (κ1) is 19.8. The van der Waals surface area contributed by atoms with Crippen LogP contribution in [0.5, 0.6) is 17.4 Å². The maximum atomic E-state index is 10.8. The van der Waals surface area contributed by atoms with Crippen LogP contribution in [-0.4, -0.2) is 21.4 Å². The summed E-state index contributed by atoms with van der Waals surface area (Å²) in [7, 11) is 1.63. The van der Waals surface area contributed by atoms with Crippen LogP contribution >= 0.6 is 12.2 Å². The van der Waals surface area contributed by atoms with Gasteiger partial charge in [-0.25, -0.2) is 0 Å². The monoisotopic (exact) mass is 418 g/mol. The third-order valence-electron chi connectivity index (χ3n) is 4.93. The number of nitrogens with zero attached hydrogens (tertiary/aromatic N) is 2. The number of ether oxygens (including phenoxy) is 2. The van der Waals surface area contributed by atoms with E-state index in [0.29, 0.717) is 17.1 Å². The van der Waals surface area contributed by atoms with E-state index >= 15 is 0 Å². The molecule has 30 heavy (non-hydrogen) atoms. The van der Waals surface area contributed by atoms with Crippen LogP contribution in [0, 0.1) is 11.7 Å². The fourth-order valence-corrected chi connectivity index (χ4v) is 3.73. The Morgan fingerprint density at radius 3 is 1.97 bits per heavy atom. The Bertz CT molecular complexity index is 1190. The maximum Gasteiger partial charge on any atom is 0.218 e. The Labute approximate surface area is 180 Å². The van der Waals surface area contributed by atoms with Gasteiger partial charge < -0.3 is 14.6 Å². The third-order valence-corrected chi connectivity index (χ3v) is 5.29. The summed E-state index contributed by atoms with van der Waals surface area (Å²) in [4.78, 5) is 0. The number of methoxy groups -OCH3 is 1. The quantitative estimate of drug-likeness (QED) is 0.414. The number of aromatic nitrogens is 2. The lowest BCUT2D eigenvalue weighted by Crippen LogP contribution is -1.99. The molecule has 0 aliphatic heterocycles. The lowest BCUT2D eigenvalue weighted by molar-refractivity contribution is 0.306. The van der Waals surface area contributed by atoms with Gasteiger partial charge in [0.15, 0.2) is 4.77 Å². The Balaban J connectivity index is 1.61. The van der Waals surface area contributed by atoms with Crippen LogP contribution in [0.2, 0.25) is 0 Å². The molecule has 1 N–H and O–H groups in total. The van der Waals surface area contributed by atoms with Crippen LogP contribution in [0.25, 0.3) is 11.4 Å². The Morgan fingerprint density at radius 1 is 0.800 bits per heavy atom. The van der Waals surface area contributed by atoms with Crippen LogP contribution in [0.1, 0.15) is 11.3 Å². The van der Waals surface area contributed by atoms with Gasteiger partial charge in [0.25, 0.3) is 0 Å². The minimum absolute atomic E-state index is 0.105. The molecular formula is C24H22N2O3S. The largest absolute Gasteiger partial charge is 0.497 e. The highest BCUT2D eigenvalue weighted by Gasteiger charge is 2.16. The van der Waals surface area contributed by atoms with Crippen molar-refractivity contribution < 1.29 is 14.6 Å². The summed E-state index contributed by atoms with van der Waals surface area (Å²) in [6.07, 6.45) is 0. The zero-order valence-corrected chi connectivity index (χ0v) is 17.6. The van der Waals surface area contributed by atoms with Gasteiger partial charge in [-0.3, -0.25) is 9.13 Å². The lowest BCUT2D eigenvalue weighted by atomic mass is 10.2. The molecule has 0 saturated carbocycles.